The number of hydrogen-bond acceptors (Lipinski definition) is 4. The molecule has 0 amide bonds. The lowest BCUT2D eigenvalue weighted by atomic mass is 9.68. The van der Waals surface area contributed by atoms with Crippen LogP contribution in [0.4, 0.5) is 0 Å². The second-order valence-electron chi connectivity index (χ2n) is 7.66. The number of fused-ring (bicyclic) bond motifs is 2. The normalized spacial score (nSPS) is 27.5. The average Bonchev–Trinajstić information content (AvgIpc) is 3.02. The molecule has 2 aliphatic heterocycles. The first kappa shape index (κ1) is 17.9. The van der Waals surface area contributed by atoms with Crippen LogP contribution in [0.1, 0.15) is 30.4 Å². The molecule has 2 aromatic rings. The van der Waals surface area contributed by atoms with Crippen molar-refractivity contribution in [2.45, 2.75) is 44.3 Å². The Bertz CT molecular complexity index is 820. The van der Waals surface area contributed by atoms with Gasteiger partial charge in [0.25, 0.3) is 0 Å². The third-order valence-corrected chi connectivity index (χ3v) is 6.21. The van der Waals surface area contributed by atoms with Gasteiger partial charge in [0.05, 0.1) is 7.11 Å². The van der Waals surface area contributed by atoms with Crippen LogP contribution < -0.4 is 0 Å². The van der Waals surface area contributed by atoms with Crippen LogP contribution in [-0.4, -0.2) is 35.8 Å². The highest BCUT2D eigenvalue weighted by Gasteiger charge is 2.61. The highest BCUT2D eigenvalue weighted by molar-refractivity contribution is 6.06. The van der Waals surface area contributed by atoms with Crippen molar-refractivity contribution in [1.29, 1.82) is 0 Å². The van der Waals surface area contributed by atoms with Gasteiger partial charge in [-0.15, -0.1) is 0 Å². The van der Waals surface area contributed by atoms with Gasteiger partial charge in [-0.05, 0) is 30.4 Å². The largest absolute Gasteiger partial charge is 0.468 e. The fraction of sp³-hybridized carbons (Fsp3) is 0.391. The van der Waals surface area contributed by atoms with E-state index < -0.39 is 5.41 Å². The molecule has 2 aliphatic rings. The molecule has 2 heterocycles. The summed E-state index contributed by atoms with van der Waals surface area (Å²) in [6.07, 6.45) is 2.63. The summed E-state index contributed by atoms with van der Waals surface area (Å²) in [6, 6.07) is 20.2. The number of benzene rings is 2. The van der Waals surface area contributed by atoms with Gasteiger partial charge in [-0.2, -0.15) is 0 Å². The molecule has 0 aliphatic carbocycles. The Balaban J connectivity index is 1.72. The molecule has 0 N–H and O–H groups in total. The molecule has 2 aromatic carbocycles. The van der Waals surface area contributed by atoms with E-state index in [1.165, 1.54) is 12.7 Å². The molecule has 0 radical (unpaired) electrons. The standard InChI is InChI=1S/C23H25NO3/c1-27-22(26)23(15-17-8-4-2-5-9-17)20-13-12-19(14-21(23)25)24(20)16-18-10-6-3-7-11-18/h2-11,19-20H,12-16H2,1H3/t19-,20-,23-/m1/s1. The van der Waals surface area contributed by atoms with Crippen LogP contribution in [0.15, 0.2) is 60.7 Å². The maximum Gasteiger partial charge on any atom is 0.321 e. The smallest absolute Gasteiger partial charge is 0.321 e. The van der Waals surface area contributed by atoms with Crippen molar-refractivity contribution >= 4 is 11.8 Å². The van der Waals surface area contributed by atoms with Crippen molar-refractivity contribution in [3.63, 3.8) is 0 Å². The number of nitrogens with zero attached hydrogens (tertiary/aromatic N) is 1. The van der Waals surface area contributed by atoms with Gasteiger partial charge in [0.2, 0.25) is 0 Å². The fourth-order valence-electron chi connectivity index (χ4n) is 4.94. The van der Waals surface area contributed by atoms with Gasteiger partial charge < -0.3 is 4.74 Å². The van der Waals surface area contributed by atoms with Crippen molar-refractivity contribution in [3.05, 3.63) is 71.8 Å². The number of Topliss-reactive ketones (excluding diaryl/α,β-unsaturated/α-hetero) is 1. The molecule has 2 bridgehead atoms. The number of carbonyl (C=O) groups excluding carboxylic acids is 2. The fourth-order valence-corrected chi connectivity index (χ4v) is 4.94. The van der Waals surface area contributed by atoms with E-state index >= 15 is 0 Å². The number of methoxy groups -OCH3 is 1. The van der Waals surface area contributed by atoms with Gasteiger partial charge in [0, 0.05) is 25.0 Å². The summed E-state index contributed by atoms with van der Waals surface area (Å²) < 4.78 is 5.20. The van der Waals surface area contributed by atoms with Gasteiger partial charge in [-0.25, -0.2) is 0 Å². The summed E-state index contributed by atoms with van der Waals surface area (Å²) in [7, 11) is 1.39. The zero-order valence-electron chi connectivity index (χ0n) is 15.6. The minimum Gasteiger partial charge on any atom is -0.468 e. The summed E-state index contributed by atoms with van der Waals surface area (Å²) in [5.41, 5.74) is 1.10. The molecule has 0 aromatic heterocycles. The third kappa shape index (κ3) is 3.08. The number of esters is 1. The van der Waals surface area contributed by atoms with E-state index in [4.69, 9.17) is 4.74 Å². The van der Waals surface area contributed by atoms with Crippen LogP contribution in [0, 0.1) is 5.41 Å². The molecule has 0 unspecified atom stereocenters. The molecule has 0 saturated carbocycles. The van der Waals surface area contributed by atoms with Gasteiger partial charge in [-0.1, -0.05) is 60.7 Å². The van der Waals surface area contributed by atoms with Crippen LogP contribution in [0.2, 0.25) is 0 Å². The molecule has 3 atom stereocenters. The first-order valence-electron chi connectivity index (χ1n) is 9.60. The number of hydrogen-bond donors (Lipinski definition) is 0. The molecular formula is C23H25NO3. The summed E-state index contributed by atoms with van der Waals surface area (Å²) in [5, 5.41) is 0. The molecule has 4 nitrogen and oxygen atoms in total. The second-order valence-corrected chi connectivity index (χ2v) is 7.66. The Hall–Kier alpha value is -2.46. The van der Waals surface area contributed by atoms with Crippen LogP contribution in [0.5, 0.6) is 0 Å². The SMILES string of the molecule is COC(=O)[C@@]1(Cc2ccccc2)C(=O)C[C@H]2CC[C@H]1N2Cc1ccccc1. The number of carbonyl (C=O) groups is 2. The number of piperidine rings is 1. The summed E-state index contributed by atoms with van der Waals surface area (Å²) >= 11 is 0. The van der Waals surface area contributed by atoms with Crippen molar-refractivity contribution in [1.82, 2.24) is 4.90 Å². The Morgan fingerprint density at radius 3 is 2.30 bits per heavy atom. The predicted molar refractivity (Wildman–Crippen MR) is 103 cm³/mol. The van der Waals surface area contributed by atoms with Crippen LogP contribution in [-0.2, 0) is 27.3 Å². The van der Waals surface area contributed by atoms with E-state index in [1.807, 2.05) is 48.5 Å². The maximum atomic E-state index is 13.3. The molecule has 4 rings (SSSR count). The topological polar surface area (TPSA) is 46.6 Å². The monoisotopic (exact) mass is 363 g/mol. The van der Waals surface area contributed by atoms with E-state index in [9.17, 15) is 9.59 Å². The van der Waals surface area contributed by atoms with Crippen LogP contribution in [0.3, 0.4) is 0 Å². The van der Waals surface area contributed by atoms with Gasteiger partial charge in [0.15, 0.2) is 5.78 Å². The number of ether oxygens (including phenoxy) is 1. The molecule has 0 spiro atoms. The van der Waals surface area contributed by atoms with Crippen LogP contribution in [0.25, 0.3) is 0 Å². The highest BCUT2D eigenvalue weighted by Crippen LogP contribution is 2.48. The van der Waals surface area contributed by atoms with E-state index in [0.29, 0.717) is 12.8 Å². The molecule has 2 fully saturated rings. The predicted octanol–water partition coefficient (Wildman–Crippen LogP) is 3.39. The third-order valence-electron chi connectivity index (χ3n) is 6.21. The average molecular weight is 363 g/mol. The lowest BCUT2D eigenvalue weighted by Crippen LogP contribution is -2.61. The van der Waals surface area contributed by atoms with Gasteiger partial charge >= 0.3 is 5.97 Å². The number of rotatable bonds is 5. The quantitative estimate of drug-likeness (QED) is 0.603. The minimum absolute atomic E-state index is 0.0371. The first-order valence-corrected chi connectivity index (χ1v) is 9.60. The lowest BCUT2D eigenvalue weighted by Gasteiger charge is -2.45. The highest BCUT2D eigenvalue weighted by atomic mass is 16.5. The Morgan fingerprint density at radius 1 is 1.04 bits per heavy atom. The first-order chi connectivity index (χ1) is 13.1. The molecular weight excluding hydrogens is 338 g/mol. The summed E-state index contributed by atoms with van der Waals surface area (Å²) in [6.45, 7) is 0.761. The van der Waals surface area contributed by atoms with E-state index in [-0.39, 0.29) is 23.8 Å². The van der Waals surface area contributed by atoms with Gasteiger partial charge in [0.1, 0.15) is 5.41 Å². The van der Waals surface area contributed by atoms with Crippen molar-refractivity contribution in [2.24, 2.45) is 5.41 Å². The molecule has 27 heavy (non-hydrogen) atoms. The van der Waals surface area contributed by atoms with Crippen molar-refractivity contribution in [3.8, 4) is 0 Å². The summed E-state index contributed by atoms with van der Waals surface area (Å²) in [4.78, 5) is 28.6. The summed E-state index contributed by atoms with van der Waals surface area (Å²) in [5.74, 6) is -0.352. The van der Waals surface area contributed by atoms with E-state index in [2.05, 4.69) is 17.0 Å². The maximum absolute atomic E-state index is 13.3. The zero-order valence-corrected chi connectivity index (χ0v) is 15.6. The van der Waals surface area contributed by atoms with Crippen molar-refractivity contribution in [2.75, 3.05) is 7.11 Å². The molecule has 2 saturated heterocycles. The van der Waals surface area contributed by atoms with Crippen LogP contribution >= 0.6 is 0 Å². The Kier molecular flexibility index (Phi) is 4.83. The van der Waals surface area contributed by atoms with Gasteiger partial charge in [-0.3, -0.25) is 14.5 Å². The van der Waals surface area contributed by atoms with E-state index in [1.54, 1.807) is 0 Å². The van der Waals surface area contributed by atoms with E-state index in [0.717, 1.165) is 24.9 Å². The minimum atomic E-state index is -1.11. The zero-order chi connectivity index (χ0) is 18.9. The molecule has 140 valence electrons. The Morgan fingerprint density at radius 2 is 1.67 bits per heavy atom. The Labute approximate surface area is 160 Å². The number of ketones is 1. The molecule has 4 heteroatoms. The second kappa shape index (κ2) is 7.28. The lowest BCUT2D eigenvalue weighted by molar-refractivity contribution is -0.167. The van der Waals surface area contributed by atoms with Crippen molar-refractivity contribution < 1.29 is 14.3 Å².